The van der Waals surface area contributed by atoms with Crippen molar-refractivity contribution >= 4 is 5.78 Å². The summed E-state index contributed by atoms with van der Waals surface area (Å²) in [6.07, 6.45) is 16.0. The molecule has 1 rings (SSSR count). The van der Waals surface area contributed by atoms with E-state index in [4.69, 9.17) is 0 Å². The van der Waals surface area contributed by atoms with Crippen molar-refractivity contribution in [1.82, 2.24) is 0 Å². The van der Waals surface area contributed by atoms with Gasteiger partial charge >= 0.3 is 0 Å². The summed E-state index contributed by atoms with van der Waals surface area (Å²) in [5, 5.41) is 0. The highest BCUT2D eigenvalue weighted by Crippen LogP contribution is 2.28. The highest BCUT2D eigenvalue weighted by atomic mass is 16.1. The molecule has 1 aliphatic rings. The van der Waals surface area contributed by atoms with Crippen LogP contribution in [0.3, 0.4) is 0 Å². The predicted octanol–water partition coefficient (Wildman–Crippen LogP) is 5.77. The van der Waals surface area contributed by atoms with Gasteiger partial charge in [-0.1, -0.05) is 37.6 Å². The molecule has 0 radical (unpaired) electrons. The molecular formula is C19H30O. The lowest BCUT2D eigenvalue weighted by Gasteiger charge is -2.22. The normalized spacial score (nSPS) is 16.1. The third kappa shape index (κ3) is 6.88. The van der Waals surface area contributed by atoms with Crippen molar-refractivity contribution in [2.75, 3.05) is 0 Å². The van der Waals surface area contributed by atoms with Crippen LogP contribution in [0.2, 0.25) is 0 Å². The molecule has 0 atom stereocenters. The van der Waals surface area contributed by atoms with Crippen molar-refractivity contribution in [1.29, 1.82) is 0 Å². The Morgan fingerprint density at radius 2 is 2.05 bits per heavy atom. The molecule has 0 heterocycles. The van der Waals surface area contributed by atoms with Gasteiger partial charge in [-0.15, -0.1) is 0 Å². The van der Waals surface area contributed by atoms with Crippen molar-refractivity contribution in [3.63, 3.8) is 0 Å². The lowest BCUT2D eigenvalue weighted by atomic mass is 9.84. The Balaban J connectivity index is 2.40. The van der Waals surface area contributed by atoms with Crippen molar-refractivity contribution in [3.05, 3.63) is 35.5 Å². The Kier molecular flexibility index (Phi) is 6.98. The van der Waals surface area contributed by atoms with Gasteiger partial charge in [-0.3, -0.25) is 4.79 Å². The molecule has 0 fully saturated rings. The number of carbonyl (C=O) groups excluding carboxylic acids is 1. The molecule has 0 spiro atoms. The average molecular weight is 274 g/mol. The molecule has 0 aromatic rings. The minimum Gasteiger partial charge on any atom is -0.290 e. The first-order valence-corrected chi connectivity index (χ1v) is 7.94. The molecule has 0 bridgehead atoms. The fourth-order valence-corrected chi connectivity index (χ4v) is 2.51. The van der Waals surface area contributed by atoms with Gasteiger partial charge in [0.2, 0.25) is 0 Å². The van der Waals surface area contributed by atoms with Gasteiger partial charge in [0.05, 0.1) is 0 Å². The lowest BCUT2D eigenvalue weighted by molar-refractivity contribution is -0.111. The Morgan fingerprint density at radius 1 is 1.30 bits per heavy atom. The number of carbonyl (C=O) groups is 1. The highest BCUT2D eigenvalue weighted by Gasteiger charge is 2.15. The maximum absolute atomic E-state index is 12.0. The smallest absolute Gasteiger partial charge is 0.181 e. The van der Waals surface area contributed by atoms with Crippen LogP contribution >= 0.6 is 0 Å². The summed E-state index contributed by atoms with van der Waals surface area (Å²) in [6.45, 7) is 8.84. The Hall–Kier alpha value is -1.11. The van der Waals surface area contributed by atoms with Gasteiger partial charge in [-0.25, -0.2) is 0 Å². The fourth-order valence-electron chi connectivity index (χ4n) is 2.51. The van der Waals surface area contributed by atoms with Gasteiger partial charge in [0.25, 0.3) is 0 Å². The van der Waals surface area contributed by atoms with E-state index in [-0.39, 0.29) is 11.2 Å². The first kappa shape index (κ1) is 16.9. The number of hydrogen-bond acceptors (Lipinski definition) is 1. The summed E-state index contributed by atoms with van der Waals surface area (Å²) < 4.78 is 0. The zero-order valence-electron chi connectivity index (χ0n) is 13.7. The van der Waals surface area contributed by atoms with E-state index in [0.29, 0.717) is 0 Å². The highest BCUT2D eigenvalue weighted by molar-refractivity contribution is 6.03. The van der Waals surface area contributed by atoms with E-state index in [0.717, 1.165) is 31.3 Å². The molecule has 112 valence electrons. The van der Waals surface area contributed by atoms with Crippen LogP contribution in [0.25, 0.3) is 0 Å². The second kappa shape index (κ2) is 8.24. The minimum atomic E-state index is 0.227. The van der Waals surface area contributed by atoms with Crippen LogP contribution in [0.5, 0.6) is 0 Å². The summed E-state index contributed by atoms with van der Waals surface area (Å²) >= 11 is 0. The van der Waals surface area contributed by atoms with Crippen LogP contribution in [0.4, 0.5) is 0 Å². The van der Waals surface area contributed by atoms with Crippen LogP contribution in [0.1, 0.15) is 72.6 Å². The summed E-state index contributed by atoms with van der Waals surface area (Å²) in [5.41, 5.74) is 2.68. The Labute approximate surface area is 124 Å². The molecule has 1 aliphatic carbocycles. The number of rotatable bonds is 7. The van der Waals surface area contributed by atoms with Gasteiger partial charge in [0.15, 0.2) is 5.78 Å². The number of allylic oxidation sites excluding steroid dienone is 6. The van der Waals surface area contributed by atoms with Crippen LogP contribution in [-0.4, -0.2) is 5.78 Å². The van der Waals surface area contributed by atoms with Crippen LogP contribution in [0.15, 0.2) is 35.5 Å². The molecule has 0 aromatic carbocycles. The molecule has 0 aromatic heterocycles. The minimum absolute atomic E-state index is 0.227. The first-order chi connectivity index (χ1) is 9.41. The summed E-state index contributed by atoms with van der Waals surface area (Å²) in [5.74, 6) is 0.227. The molecule has 0 saturated heterocycles. The summed E-state index contributed by atoms with van der Waals surface area (Å²) in [6, 6.07) is 0. The second-order valence-electron chi connectivity index (χ2n) is 6.93. The Morgan fingerprint density at radius 3 is 2.65 bits per heavy atom. The van der Waals surface area contributed by atoms with E-state index in [9.17, 15) is 4.79 Å². The van der Waals surface area contributed by atoms with E-state index >= 15 is 0 Å². The van der Waals surface area contributed by atoms with Crippen molar-refractivity contribution < 1.29 is 4.79 Å². The molecule has 0 unspecified atom stereocenters. The van der Waals surface area contributed by atoms with Crippen molar-refractivity contribution in [3.8, 4) is 0 Å². The van der Waals surface area contributed by atoms with Crippen molar-refractivity contribution in [2.24, 2.45) is 5.41 Å². The van der Waals surface area contributed by atoms with E-state index in [1.807, 2.05) is 0 Å². The SMILES string of the molecule is CC(C)=CCCC(C)(C)C/C=C/C(=O)C1=CCCCC1. The topological polar surface area (TPSA) is 17.1 Å². The van der Waals surface area contributed by atoms with E-state index in [1.165, 1.54) is 24.8 Å². The third-order valence-corrected chi connectivity index (χ3v) is 3.92. The average Bonchev–Trinajstić information content (AvgIpc) is 2.38. The maximum atomic E-state index is 12.0. The van der Waals surface area contributed by atoms with Crippen LogP contribution in [-0.2, 0) is 4.79 Å². The van der Waals surface area contributed by atoms with E-state index < -0.39 is 0 Å². The van der Waals surface area contributed by atoms with Crippen LogP contribution in [0, 0.1) is 5.41 Å². The van der Waals surface area contributed by atoms with Gasteiger partial charge in [0, 0.05) is 0 Å². The van der Waals surface area contributed by atoms with Gasteiger partial charge < -0.3 is 0 Å². The zero-order chi connectivity index (χ0) is 15.0. The largest absolute Gasteiger partial charge is 0.290 e. The van der Waals surface area contributed by atoms with Crippen molar-refractivity contribution in [2.45, 2.75) is 72.6 Å². The third-order valence-electron chi connectivity index (χ3n) is 3.92. The monoisotopic (exact) mass is 274 g/mol. The molecule has 0 saturated carbocycles. The molecule has 0 aliphatic heterocycles. The fraction of sp³-hybridized carbons (Fsp3) is 0.632. The predicted molar refractivity (Wildman–Crippen MR) is 87.8 cm³/mol. The Bertz CT molecular complexity index is 403. The molecule has 20 heavy (non-hydrogen) atoms. The molecule has 1 nitrogen and oxygen atoms in total. The van der Waals surface area contributed by atoms with E-state index in [2.05, 4.69) is 45.9 Å². The van der Waals surface area contributed by atoms with Gasteiger partial charge in [-0.05, 0) is 75.9 Å². The number of ketones is 1. The molecule has 1 heteroatoms. The van der Waals surface area contributed by atoms with Gasteiger partial charge in [0.1, 0.15) is 0 Å². The number of hydrogen-bond donors (Lipinski definition) is 0. The summed E-state index contributed by atoms with van der Waals surface area (Å²) in [4.78, 5) is 12.0. The molecular weight excluding hydrogens is 244 g/mol. The first-order valence-electron chi connectivity index (χ1n) is 7.94. The second-order valence-corrected chi connectivity index (χ2v) is 6.93. The summed E-state index contributed by atoms with van der Waals surface area (Å²) in [7, 11) is 0. The maximum Gasteiger partial charge on any atom is 0.181 e. The molecule has 0 amide bonds. The quantitative estimate of drug-likeness (QED) is 0.425. The zero-order valence-corrected chi connectivity index (χ0v) is 13.7. The van der Waals surface area contributed by atoms with Gasteiger partial charge in [-0.2, -0.15) is 0 Å². The standard InChI is InChI=1S/C19H30O/c1-16(2)10-8-14-19(3,4)15-9-13-18(20)17-11-6-5-7-12-17/h9-11,13H,5-8,12,14-15H2,1-4H3/b13-9+. The lowest BCUT2D eigenvalue weighted by Crippen LogP contribution is -2.10. The van der Waals surface area contributed by atoms with Crippen LogP contribution < -0.4 is 0 Å². The molecule has 0 N–H and O–H groups in total. The van der Waals surface area contributed by atoms with E-state index in [1.54, 1.807) is 6.08 Å².